The normalized spacial score (nSPS) is 16.3. The monoisotopic (exact) mass is 387 g/mol. The van der Waals surface area contributed by atoms with Gasteiger partial charge in [-0.3, -0.25) is 19.8 Å². The maximum Gasteiger partial charge on any atom is 0.343 e. The van der Waals surface area contributed by atoms with Crippen molar-refractivity contribution in [1.29, 1.82) is 0 Å². The zero-order chi connectivity index (χ0) is 20.7. The second-order valence-electron chi connectivity index (χ2n) is 7.09. The average molecular weight is 387 g/mol. The minimum absolute atomic E-state index is 0.0545. The van der Waals surface area contributed by atoms with Crippen LogP contribution in [0.25, 0.3) is 6.08 Å². The van der Waals surface area contributed by atoms with E-state index < -0.39 is 35.7 Å². The number of amides is 4. The molecule has 0 aromatic heterocycles. The number of carbonyl (C=O) groups excluding carboxylic acids is 3. The van der Waals surface area contributed by atoms with Crippen LogP contribution in [0.5, 0.6) is 0 Å². The van der Waals surface area contributed by atoms with Crippen LogP contribution < -0.4 is 10.7 Å². The molecule has 1 heterocycles. The van der Waals surface area contributed by atoms with E-state index in [0.717, 1.165) is 5.56 Å². The third-order valence-electron chi connectivity index (χ3n) is 4.43. The summed E-state index contributed by atoms with van der Waals surface area (Å²) in [5.74, 6) is -4.16. The molecule has 1 unspecified atom stereocenters. The lowest BCUT2D eigenvalue weighted by Crippen LogP contribution is -2.50. The predicted molar refractivity (Wildman–Crippen MR) is 103 cm³/mol. The van der Waals surface area contributed by atoms with Crippen molar-refractivity contribution in [2.45, 2.75) is 26.7 Å². The number of carboxylic acids is 1. The fourth-order valence-corrected chi connectivity index (χ4v) is 3.04. The van der Waals surface area contributed by atoms with Gasteiger partial charge in [0, 0.05) is 0 Å². The minimum atomic E-state index is -1.10. The lowest BCUT2D eigenvalue weighted by atomic mass is 9.82. The molecule has 1 aromatic rings. The first-order chi connectivity index (χ1) is 13.3. The van der Waals surface area contributed by atoms with Crippen LogP contribution in [0.4, 0.5) is 4.79 Å². The molecular formula is C20H25N3O5. The summed E-state index contributed by atoms with van der Waals surface area (Å²) in [5, 5.41) is 12.6. The first kappa shape index (κ1) is 21.1. The summed E-state index contributed by atoms with van der Waals surface area (Å²) in [4.78, 5) is 47.9. The summed E-state index contributed by atoms with van der Waals surface area (Å²) in [6, 6.07) is 8.70. The zero-order valence-corrected chi connectivity index (χ0v) is 15.9. The zero-order valence-electron chi connectivity index (χ0n) is 15.9. The van der Waals surface area contributed by atoms with Gasteiger partial charge in [-0.15, -0.1) is 0 Å². The smallest absolute Gasteiger partial charge is 0.343 e. The molecule has 1 aliphatic rings. The van der Waals surface area contributed by atoms with Gasteiger partial charge in [-0.1, -0.05) is 56.3 Å². The van der Waals surface area contributed by atoms with E-state index in [2.05, 4.69) is 10.7 Å². The summed E-state index contributed by atoms with van der Waals surface area (Å²) < 4.78 is 0. The largest absolute Gasteiger partial charge is 0.481 e. The highest BCUT2D eigenvalue weighted by Crippen LogP contribution is 2.25. The van der Waals surface area contributed by atoms with Gasteiger partial charge < -0.3 is 10.4 Å². The highest BCUT2D eigenvalue weighted by atomic mass is 16.4. The molecule has 4 amide bonds. The first-order valence-electron chi connectivity index (χ1n) is 9.15. The second-order valence-corrected chi connectivity index (χ2v) is 7.09. The highest BCUT2D eigenvalue weighted by Gasteiger charge is 2.37. The van der Waals surface area contributed by atoms with Gasteiger partial charge in [0.25, 0.3) is 5.91 Å². The number of hydrogen-bond acceptors (Lipinski definition) is 4. The average Bonchev–Trinajstić information content (AvgIpc) is 2.96. The van der Waals surface area contributed by atoms with E-state index in [4.69, 9.17) is 0 Å². The van der Waals surface area contributed by atoms with Crippen LogP contribution in [0.2, 0.25) is 0 Å². The van der Waals surface area contributed by atoms with Crippen molar-refractivity contribution in [2.24, 2.45) is 17.8 Å². The molecule has 1 fully saturated rings. The molecular weight excluding hydrogens is 362 g/mol. The Morgan fingerprint density at radius 1 is 1.21 bits per heavy atom. The van der Waals surface area contributed by atoms with Gasteiger partial charge in [-0.2, -0.15) is 5.01 Å². The number of aliphatic carboxylic acids is 1. The Kier molecular flexibility index (Phi) is 7.31. The third-order valence-corrected chi connectivity index (χ3v) is 4.43. The fourth-order valence-electron chi connectivity index (χ4n) is 3.04. The SMILES string of the molecule is CC(C)C[C@@H](C(=O)NN1C(=O)CNC1=O)C(C/C=C/c1ccccc1)C(=O)O. The van der Waals surface area contributed by atoms with Crippen molar-refractivity contribution in [3.63, 3.8) is 0 Å². The Balaban J connectivity index is 2.15. The molecule has 1 aromatic carbocycles. The summed E-state index contributed by atoms with van der Waals surface area (Å²) >= 11 is 0. The van der Waals surface area contributed by atoms with Gasteiger partial charge in [0.15, 0.2) is 0 Å². The Bertz CT molecular complexity index is 744. The number of hydrazine groups is 1. The maximum atomic E-state index is 12.7. The molecule has 28 heavy (non-hydrogen) atoms. The van der Waals surface area contributed by atoms with E-state index in [0.29, 0.717) is 11.4 Å². The van der Waals surface area contributed by atoms with Gasteiger partial charge in [-0.25, -0.2) is 4.79 Å². The number of carboxylic acid groups (broad SMARTS) is 1. The highest BCUT2D eigenvalue weighted by molar-refractivity contribution is 6.03. The Labute approximate surface area is 163 Å². The molecule has 0 bridgehead atoms. The standard InChI is InChI=1S/C20H25N3O5/c1-13(2)11-16(18(25)22-23-17(24)12-21-20(23)28)15(19(26)27)10-6-9-14-7-4-3-5-8-14/h3-9,13,15-16H,10-12H2,1-2H3,(H,21,28)(H,22,25)(H,26,27)/b9-6+/t15?,16-/m1/s1. The van der Waals surface area contributed by atoms with Crippen molar-refractivity contribution in [2.75, 3.05) is 6.54 Å². The van der Waals surface area contributed by atoms with Crippen molar-refractivity contribution >= 4 is 29.9 Å². The number of nitrogens with zero attached hydrogens (tertiary/aromatic N) is 1. The van der Waals surface area contributed by atoms with Crippen molar-refractivity contribution in [3.8, 4) is 0 Å². The second kappa shape index (κ2) is 9.68. The van der Waals surface area contributed by atoms with Crippen LogP contribution in [-0.4, -0.2) is 40.5 Å². The van der Waals surface area contributed by atoms with Crippen LogP contribution >= 0.6 is 0 Å². The predicted octanol–water partition coefficient (Wildman–Crippen LogP) is 2.04. The molecule has 0 aliphatic carbocycles. The molecule has 8 heteroatoms. The summed E-state index contributed by atoms with van der Waals surface area (Å²) in [6.45, 7) is 3.57. The lowest BCUT2D eigenvalue weighted by Gasteiger charge is -2.25. The number of benzene rings is 1. The van der Waals surface area contributed by atoms with E-state index in [9.17, 15) is 24.3 Å². The molecule has 1 saturated heterocycles. The van der Waals surface area contributed by atoms with Crippen LogP contribution in [0.3, 0.4) is 0 Å². The number of nitrogens with one attached hydrogen (secondary N) is 2. The Hall–Kier alpha value is -3.16. The molecule has 0 spiro atoms. The van der Waals surface area contributed by atoms with Crippen LogP contribution in [0.1, 0.15) is 32.3 Å². The molecule has 2 rings (SSSR count). The molecule has 2 atom stereocenters. The van der Waals surface area contributed by atoms with Crippen LogP contribution in [0, 0.1) is 17.8 Å². The first-order valence-corrected chi connectivity index (χ1v) is 9.15. The topological polar surface area (TPSA) is 116 Å². The van der Waals surface area contributed by atoms with Crippen molar-refractivity contribution in [1.82, 2.24) is 15.8 Å². The number of imide groups is 1. The number of allylic oxidation sites excluding steroid dienone is 1. The van der Waals surface area contributed by atoms with Gasteiger partial charge in [0.1, 0.15) is 6.54 Å². The van der Waals surface area contributed by atoms with Gasteiger partial charge in [0.05, 0.1) is 11.8 Å². The van der Waals surface area contributed by atoms with E-state index >= 15 is 0 Å². The molecule has 0 radical (unpaired) electrons. The van der Waals surface area contributed by atoms with Gasteiger partial charge >= 0.3 is 12.0 Å². The third kappa shape index (κ3) is 5.67. The van der Waals surface area contributed by atoms with E-state index in [1.54, 1.807) is 12.2 Å². The summed E-state index contributed by atoms with van der Waals surface area (Å²) in [5.41, 5.74) is 3.20. The van der Waals surface area contributed by atoms with Gasteiger partial charge in [0.2, 0.25) is 5.91 Å². The number of urea groups is 1. The Morgan fingerprint density at radius 3 is 2.43 bits per heavy atom. The Morgan fingerprint density at radius 2 is 1.89 bits per heavy atom. The van der Waals surface area contributed by atoms with Crippen LogP contribution in [-0.2, 0) is 14.4 Å². The van der Waals surface area contributed by atoms with E-state index in [1.807, 2.05) is 44.2 Å². The van der Waals surface area contributed by atoms with Crippen molar-refractivity contribution < 1.29 is 24.3 Å². The molecule has 1 aliphatic heterocycles. The number of rotatable bonds is 9. The number of carbonyl (C=O) groups is 4. The summed E-state index contributed by atoms with van der Waals surface area (Å²) in [6.07, 6.45) is 3.99. The molecule has 3 N–H and O–H groups in total. The maximum absolute atomic E-state index is 12.7. The van der Waals surface area contributed by atoms with E-state index in [1.165, 1.54) is 0 Å². The lowest BCUT2D eigenvalue weighted by molar-refractivity contribution is -0.149. The van der Waals surface area contributed by atoms with Crippen LogP contribution in [0.15, 0.2) is 36.4 Å². The van der Waals surface area contributed by atoms with Gasteiger partial charge in [-0.05, 0) is 24.3 Å². The molecule has 0 saturated carbocycles. The molecule has 8 nitrogen and oxygen atoms in total. The van der Waals surface area contributed by atoms with Crippen molar-refractivity contribution in [3.05, 3.63) is 42.0 Å². The van der Waals surface area contributed by atoms with E-state index in [-0.39, 0.29) is 18.9 Å². The summed E-state index contributed by atoms with van der Waals surface area (Å²) in [7, 11) is 0. The minimum Gasteiger partial charge on any atom is -0.481 e. The molecule has 150 valence electrons. The quantitative estimate of drug-likeness (QED) is 0.561. The number of hydrogen-bond donors (Lipinski definition) is 3. The fraction of sp³-hybridized carbons (Fsp3) is 0.400.